The van der Waals surface area contributed by atoms with E-state index in [9.17, 15) is 0 Å². The molecule has 0 heterocycles. The van der Waals surface area contributed by atoms with Crippen molar-refractivity contribution in [2.45, 2.75) is 17.2 Å². The molecule has 0 aliphatic heterocycles. The van der Waals surface area contributed by atoms with E-state index in [1.807, 2.05) is 0 Å². The van der Waals surface area contributed by atoms with Gasteiger partial charge in [-0.2, -0.15) is 0 Å². The Balaban J connectivity index is 1.74. The van der Waals surface area contributed by atoms with Crippen molar-refractivity contribution in [3.8, 4) is 0 Å². The first kappa shape index (κ1) is 7.59. The van der Waals surface area contributed by atoms with Crippen LogP contribution in [-0.4, -0.2) is 4.33 Å². The summed E-state index contributed by atoms with van der Waals surface area (Å²) in [5.74, 6) is 4.76. The van der Waals surface area contributed by atoms with Crippen molar-refractivity contribution in [1.82, 2.24) is 0 Å². The number of fused-ring (bicyclic) bond motifs is 7. The molecule has 0 amide bonds. The van der Waals surface area contributed by atoms with Gasteiger partial charge in [0.25, 0.3) is 0 Å². The summed E-state index contributed by atoms with van der Waals surface area (Å²) in [4.78, 5) is 0. The maximum atomic E-state index is 6.25. The molecule has 6 atom stereocenters. The van der Waals surface area contributed by atoms with E-state index < -0.39 is 0 Å². The number of halogens is 2. The van der Waals surface area contributed by atoms with E-state index in [4.69, 9.17) is 23.2 Å². The fourth-order valence-electron chi connectivity index (χ4n) is 4.37. The van der Waals surface area contributed by atoms with Crippen LogP contribution in [0.2, 0.25) is 0 Å². The molecule has 4 aliphatic carbocycles. The first-order valence-corrected chi connectivity index (χ1v) is 6.01. The molecule has 0 aromatic rings. The van der Waals surface area contributed by atoms with E-state index >= 15 is 0 Å². The molecular formula is C11H12Cl2. The molecule has 0 aromatic heterocycles. The Morgan fingerprint density at radius 2 is 1.85 bits per heavy atom. The zero-order chi connectivity index (χ0) is 8.79. The van der Waals surface area contributed by atoms with Gasteiger partial charge in [-0.05, 0) is 42.4 Å². The topological polar surface area (TPSA) is 0 Å². The lowest BCUT2D eigenvalue weighted by atomic mass is 9.82. The van der Waals surface area contributed by atoms with Crippen LogP contribution in [0.4, 0.5) is 0 Å². The molecule has 0 unspecified atom stereocenters. The highest BCUT2D eigenvalue weighted by Crippen LogP contribution is 2.76. The number of hydrogen-bond donors (Lipinski definition) is 0. The first-order chi connectivity index (χ1) is 6.19. The summed E-state index contributed by atoms with van der Waals surface area (Å²) < 4.78 is -0.334. The smallest absolute Gasteiger partial charge is 0.101 e. The van der Waals surface area contributed by atoms with Crippen LogP contribution in [0.15, 0.2) is 12.2 Å². The van der Waals surface area contributed by atoms with Gasteiger partial charge in [-0.3, -0.25) is 0 Å². The molecule has 3 saturated carbocycles. The van der Waals surface area contributed by atoms with Crippen molar-refractivity contribution < 1.29 is 0 Å². The van der Waals surface area contributed by atoms with Gasteiger partial charge in [-0.25, -0.2) is 0 Å². The molecule has 0 spiro atoms. The van der Waals surface area contributed by atoms with Gasteiger partial charge in [-0.1, -0.05) is 12.2 Å². The van der Waals surface area contributed by atoms with E-state index in [1.54, 1.807) is 0 Å². The maximum absolute atomic E-state index is 6.25. The standard InChI is InChI=1S/C11H12Cl2/c12-11(13)8-4-7-5-1-2-6(3-5)9(7)10(8)11/h1-2,5-10H,3-4H2/t5-,6+,7-,8+,9+,10+/m0/s1. The Morgan fingerprint density at radius 3 is 2.69 bits per heavy atom. The maximum Gasteiger partial charge on any atom is 0.125 e. The van der Waals surface area contributed by atoms with Crippen LogP contribution in [0.3, 0.4) is 0 Å². The van der Waals surface area contributed by atoms with Crippen molar-refractivity contribution in [3.63, 3.8) is 0 Å². The van der Waals surface area contributed by atoms with Crippen LogP contribution in [0.5, 0.6) is 0 Å². The largest absolute Gasteiger partial charge is 0.125 e. The van der Waals surface area contributed by atoms with Crippen LogP contribution >= 0.6 is 23.2 Å². The summed E-state index contributed by atoms with van der Waals surface area (Å²) in [7, 11) is 0. The van der Waals surface area contributed by atoms with Crippen molar-refractivity contribution in [3.05, 3.63) is 12.2 Å². The van der Waals surface area contributed by atoms with Crippen LogP contribution in [0.1, 0.15) is 12.8 Å². The fourth-order valence-corrected chi connectivity index (χ4v) is 5.28. The highest BCUT2D eigenvalue weighted by molar-refractivity contribution is 6.51. The Kier molecular flexibility index (Phi) is 1.15. The quantitative estimate of drug-likeness (QED) is 0.429. The Hall–Kier alpha value is 0.320. The molecule has 4 rings (SSSR count). The summed E-state index contributed by atoms with van der Waals surface area (Å²) in [6, 6.07) is 0. The molecule has 0 nitrogen and oxygen atoms in total. The number of allylic oxidation sites excluding steroid dienone is 2. The predicted octanol–water partition coefficient (Wildman–Crippen LogP) is 3.25. The van der Waals surface area contributed by atoms with Crippen LogP contribution in [-0.2, 0) is 0 Å². The summed E-state index contributed by atoms with van der Waals surface area (Å²) in [5, 5.41) is 0. The zero-order valence-corrected chi connectivity index (χ0v) is 8.80. The summed E-state index contributed by atoms with van der Waals surface area (Å²) in [6.07, 6.45) is 7.54. The normalized spacial score (nSPS) is 63.8. The third kappa shape index (κ3) is 0.699. The van der Waals surface area contributed by atoms with E-state index in [0.29, 0.717) is 11.8 Å². The molecule has 0 radical (unpaired) electrons. The van der Waals surface area contributed by atoms with E-state index in [0.717, 1.165) is 23.7 Å². The summed E-state index contributed by atoms with van der Waals surface area (Å²) in [6.45, 7) is 0. The van der Waals surface area contributed by atoms with Crippen molar-refractivity contribution >= 4 is 23.2 Å². The lowest BCUT2D eigenvalue weighted by molar-refractivity contribution is 0.310. The first-order valence-electron chi connectivity index (χ1n) is 5.25. The van der Waals surface area contributed by atoms with Crippen LogP contribution in [0, 0.1) is 35.5 Å². The number of alkyl halides is 2. The Labute approximate surface area is 88.3 Å². The molecule has 4 aliphatic rings. The SMILES string of the molecule is ClC1(Cl)[C@H]2[C@H]3[C@@H](C[C@H]21)[C@H]1C=C[C@@H]3C1. The van der Waals surface area contributed by atoms with Crippen LogP contribution < -0.4 is 0 Å². The lowest BCUT2D eigenvalue weighted by Gasteiger charge is -2.25. The molecule has 13 heavy (non-hydrogen) atoms. The van der Waals surface area contributed by atoms with E-state index in [1.165, 1.54) is 12.8 Å². The molecule has 0 saturated heterocycles. The number of hydrogen-bond acceptors (Lipinski definition) is 0. The molecular weight excluding hydrogens is 203 g/mol. The third-order valence-corrected chi connectivity index (χ3v) is 5.96. The summed E-state index contributed by atoms with van der Waals surface area (Å²) in [5.41, 5.74) is 0. The minimum absolute atomic E-state index is 0.334. The average molecular weight is 215 g/mol. The molecule has 2 bridgehead atoms. The lowest BCUT2D eigenvalue weighted by Crippen LogP contribution is -2.21. The molecule has 2 heteroatoms. The van der Waals surface area contributed by atoms with Gasteiger partial charge < -0.3 is 0 Å². The fraction of sp³-hybridized carbons (Fsp3) is 0.818. The zero-order valence-electron chi connectivity index (χ0n) is 7.29. The van der Waals surface area contributed by atoms with E-state index in [2.05, 4.69) is 12.2 Å². The minimum atomic E-state index is -0.334. The molecule has 3 fully saturated rings. The average Bonchev–Trinajstić information content (AvgIpc) is 2.58. The van der Waals surface area contributed by atoms with E-state index in [-0.39, 0.29) is 4.33 Å². The third-order valence-electron chi connectivity index (χ3n) is 4.89. The second-order valence-corrected chi connectivity index (χ2v) is 6.68. The van der Waals surface area contributed by atoms with Gasteiger partial charge >= 0.3 is 0 Å². The minimum Gasteiger partial charge on any atom is -0.101 e. The second-order valence-electron chi connectivity index (χ2n) is 5.23. The highest BCUT2D eigenvalue weighted by Gasteiger charge is 2.74. The molecule has 0 aromatic carbocycles. The predicted molar refractivity (Wildman–Crippen MR) is 53.8 cm³/mol. The summed E-state index contributed by atoms with van der Waals surface area (Å²) >= 11 is 12.5. The molecule has 70 valence electrons. The molecule has 0 N–H and O–H groups in total. The highest BCUT2D eigenvalue weighted by atomic mass is 35.5. The van der Waals surface area contributed by atoms with Crippen LogP contribution in [0.25, 0.3) is 0 Å². The van der Waals surface area contributed by atoms with Gasteiger partial charge in [0.2, 0.25) is 0 Å². The van der Waals surface area contributed by atoms with Gasteiger partial charge in [0.05, 0.1) is 0 Å². The Morgan fingerprint density at radius 1 is 1.08 bits per heavy atom. The van der Waals surface area contributed by atoms with Crippen molar-refractivity contribution in [1.29, 1.82) is 0 Å². The second kappa shape index (κ2) is 1.97. The van der Waals surface area contributed by atoms with Crippen molar-refractivity contribution in [2.24, 2.45) is 35.5 Å². The van der Waals surface area contributed by atoms with Gasteiger partial charge in [0, 0.05) is 5.92 Å². The van der Waals surface area contributed by atoms with Gasteiger partial charge in [-0.15, -0.1) is 23.2 Å². The van der Waals surface area contributed by atoms with Gasteiger partial charge in [0.1, 0.15) is 4.33 Å². The monoisotopic (exact) mass is 214 g/mol. The van der Waals surface area contributed by atoms with Crippen molar-refractivity contribution in [2.75, 3.05) is 0 Å². The van der Waals surface area contributed by atoms with Gasteiger partial charge in [0.15, 0.2) is 0 Å². The number of rotatable bonds is 0. The Bertz CT molecular complexity index is 307.